The zero-order chi connectivity index (χ0) is 15.6. The van der Waals surface area contributed by atoms with Crippen LogP contribution in [0.2, 0.25) is 0 Å². The minimum atomic E-state index is -0.939. The summed E-state index contributed by atoms with van der Waals surface area (Å²) in [6.07, 6.45) is 0. The normalized spacial score (nSPS) is 10.7. The lowest BCUT2D eigenvalue weighted by atomic mass is 10.2. The van der Waals surface area contributed by atoms with E-state index in [0.717, 1.165) is 12.1 Å². The van der Waals surface area contributed by atoms with Gasteiger partial charge in [-0.25, -0.2) is 8.78 Å². The molecule has 0 aliphatic carbocycles. The van der Waals surface area contributed by atoms with Crippen molar-refractivity contribution in [2.45, 2.75) is 20.4 Å². The summed E-state index contributed by atoms with van der Waals surface area (Å²) >= 11 is 0. The van der Waals surface area contributed by atoms with E-state index in [4.69, 9.17) is 5.73 Å². The minimum absolute atomic E-state index is 0.136. The highest BCUT2D eigenvalue weighted by molar-refractivity contribution is 5.97. The zero-order valence-electron chi connectivity index (χ0n) is 11.8. The van der Waals surface area contributed by atoms with Crippen molar-refractivity contribution in [1.82, 2.24) is 15.1 Å². The molecule has 21 heavy (non-hydrogen) atoms. The summed E-state index contributed by atoms with van der Waals surface area (Å²) in [4.78, 5) is 13.8. The number of aromatic nitrogens is 2. The Hall–Kier alpha value is -2.44. The Bertz CT molecular complexity index is 669. The first-order chi connectivity index (χ1) is 9.93. The number of halogens is 2. The smallest absolute Gasteiger partial charge is 0.276 e. The molecule has 112 valence electrons. The van der Waals surface area contributed by atoms with E-state index >= 15 is 0 Å². The van der Waals surface area contributed by atoms with Crippen molar-refractivity contribution in [2.75, 3.05) is 12.3 Å². The highest BCUT2D eigenvalue weighted by Gasteiger charge is 2.21. The number of carbonyl (C=O) groups excluding carboxylic acids is 1. The molecule has 0 aliphatic rings. The van der Waals surface area contributed by atoms with Gasteiger partial charge in [0.05, 0.1) is 11.4 Å². The van der Waals surface area contributed by atoms with Gasteiger partial charge in [0.1, 0.15) is 0 Å². The fourth-order valence-corrected chi connectivity index (χ4v) is 1.94. The Morgan fingerprint density at radius 3 is 2.62 bits per heavy atom. The molecule has 2 aromatic rings. The molecule has 1 amide bonds. The maximum absolute atomic E-state index is 13.2. The monoisotopic (exact) mass is 294 g/mol. The van der Waals surface area contributed by atoms with Gasteiger partial charge < -0.3 is 10.6 Å². The first-order valence-electron chi connectivity index (χ1n) is 6.47. The predicted molar refractivity (Wildman–Crippen MR) is 74.5 cm³/mol. The maximum Gasteiger partial charge on any atom is 0.276 e. The van der Waals surface area contributed by atoms with Gasteiger partial charge in [-0.2, -0.15) is 5.10 Å². The van der Waals surface area contributed by atoms with Crippen LogP contribution < -0.4 is 5.73 Å². The summed E-state index contributed by atoms with van der Waals surface area (Å²) in [5, 5.41) is 6.53. The van der Waals surface area contributed by atoms with E-state index in [2.05, 4.69) is 10.2 Å². The second-order valence-electron chi connectivity index (χ2n) is 4.68. The van der Waals surface area contributed by atoms with Gasteiger partial charge in [0.2, 0.25) is 0 Å². The summed E-state index contributed by atoms with van der Waals surface area (Å²) < 4.78 is 26.1. The molecule has 1 aromatic heterocycles. The summed E-state index contributed by atoms with van der Waals surface area (Å²) in [6, 6.07) is 3.55. The molecular formula is C14H16F2N4O. The van der Waals surface area contributed by atoms with Gasteiger partial charge in [0.25, 0.3) is 5.91 Å². The number of aryl methyl sites for hydroxylation is 1. The highest BCUT2D eigenvalue weighted by Crippen LogP contribution is 2.17. The van der Waals surface area contributed by atoms with Crippen LogP contribution in [0.4, 0.5) is 14.5 Å². The number of nitrogens with zero attached hydrogens (tertiary/aromatic N) is 2. The molecule has 1 aromatic carbocycles. The molecule has 5 nitrogen and oxygen atoms in total. The molecule has 0 spiro atoms. The van der Waals surface area contributed by atoms with Crippen LogP contribution in [0, 0.1) is 18.6 Å². The maximum atomic E-state index is 13.2. The summed E-state index contributed by atoms with van der Waals surface area (Å²) in [5.41, 5.74) is 7.32. The van der Waals surface area contributed by atoms with Crippen molar-refractivity contribution >= 4 is 11.6 Å². The molecule has 3 N–H and O–H groups in total. The van der Waals surface area contributed by atoms with Crippen LogP contribution in [-0.2, 0) is 6.54 Å². The second-order valence-corrected chi connectivity index (χ2v) is 4.68. The molecule has 0 unspecified atom stereocenters. The Kier molecular flexibility index (Phi) is 4.21. The number of nitrogen functional groups attached to an aromatic ring is 1. The van der Waals surface area contributed by atoms with Crippen LogP contribution in [0.5, 0.6) is 0 Å². The lowest BCUT2D eigenvalue weighted by molar-refractivity contribution is 0.0747. The number of rotatable bonds is 4. The third-order valence-electron chi connectivity index (χ3n) is 3.22. The van der Waals surface area contributed by atoms with E-state index in [1.165, 1.54) is 11.0 Å². The van der Waals surface area contributed by atoms with Crippen LogP contribution >= 0.6 is 0 Å². The fourth-order valence-electron chi connectivity index (χ4n) is 1.94. The van der Waals surface area contributed by atoms with Gasteiger partial charge in [-0.3, -0.25) is 9.89 Å². The highest BCUT2D eigenvalue weighted by atomic mass is 19.2. The minimum Gasteiger partial charge on any atom is -0.395 e. The molecule has 0 fully saturated rings. The summed E-state index contributed by atoms with van der Waals surface area (Å²) in [7, 11) is 0. The van der Waals surface area contributed by atoms with Crippen LogP contribution in [0.25, 0.3) is 0 Å². The standard InChI is InChI=1S/C14H16F2N4O/c1-3-20(7-9-4-5-10(15)11(16)6-9)14(21)13-12(17)8(2)18-19-13/h4-6H,3,7,17H2,1-2H3,(H,18,19). The Morgan fingerprint density at radius 2 is 2.10 bits per heavy atom. The topological polar surface area (TPSA) is 75.0 Å². The van der Waals surface area contributed by atoms with Crippen molar-refractivity contribution in [3.8, 4) is 0 Å². The van der Waals surface area contributed by atoms with Gasteiger partial charge in [0.15, 0.2) is 17.3 Å². The molecule has 1 heterocycles. The van der Waals surface area contributed by atoms with Crippen molar-refractivity contribution in [3.05, 3.63) is 46.8 Å². The van der Waals surface area contributed by atoms with E-state index in [1.807, 2.05) is 0 Å². The zero-order valence-corrected chi connectivity index (χ0v) is 11.8. The SMILES string of the molecule is CCN(Cc1ccc(F)c(F)c1)C(=O)c1n[nH]c(C)c1N. The number of H-pyrrole nitrogens is 1. The Morgan fingerprint density at radius 1 is 1.38 bits per heavy atom. The number of benzene rings is 1. The number of hydrogen-bond donors (Lipinski definition) is 2. The predicted octanol–water partition coefficient (Wildman–Crippen LogP) is 2.24. The van der Waals surface area contributed by atoms with Crippen LogP contribution in [0.15, 0.2) is 18.2 Å². The molecule has 0 aliphatic heterocycles. The van der Waals surface area contributed by atoms with Crippen molar-refractivity contribution in [3.63, 3.8) is 0 Å². The lowest BCUT2D eigenvalue weighted by Crippen LogP contribution is -2.31. The van der Waals surface area contributed by atoms with E-state index in [1.54, 1.807) is 13.8 Å². The molecular weight excluding hydrogens is 278 g/mol. The largest absolute Gasteiger partial charge is 0.395 e. The van der Waals surface area contributed by atoms with E-state index in [-0.39, 0.29) is 18.1 Å². The first-order valence-corrected chi connectivity index (χ1v) is 6.47. The van der Waals surface area contributed by atoms with E-state index in [9.17, 15) is 13.6 Å². The lowest BCUT2D eigenvalue weighted by Gasteiger charge is -2.20. The van der Waals surface area contributed by atoms with Crippen molar-refractivity contribution in [2.24, 2.45) is 0 Å². The summed E-state index contributed by atoms with van der Waals surface area (Å²) in [6.45, 7) is 4.04. The average molecular weight is 294 g/mol. The third-order valence-corrected chi connectivity index (χ3v) is 3.22. The number of carbonyl (C=O) groups is 1. The van der Waals surface area contributed by atoms with Gasteiger partial charge in [-0.1, -0.05) is 6.07 Å². The van der Waals surface area contributed by atoms with Crippen molar-refractivity contribution < 1.29 is 13.6 Å². The molecule has 0 atom stereocenters. The second kappa shape index (κ2) is 5.90. The number of nitrogens with two attached hydrogens (primary N) is 1. The molecule has 0 bridgehead atoms. The van der Waals surface area contributed by atoms with Crippen molar-refractivity contribution in [1.29, 1.82) is 0 Å². The molecule has 0 saturated carbocycles. The van der Waals surface area contributed by atoms with Crippen LogP contribution in [-0.4, -0.2) is 27.5 Å². The number of amides is 1. The van der Waals surface area contributed by atoms with Gasteiger partial charge in [0, 0.05) is 13.1 Å². The third kappa shape index (κ3) is 3.01. The number of aromatic amines is 1. The van der Waals surface area contributed by atoms with E-state index in [0.29, 0.717) is 23.5 Å². The molecule has 0 saturated heterocycles. The molecule has 0 radical (unpaired) electrons. The number of nitrogens with one attached hydrogen (secondary N) is 1. The molecule has 7 heteroatoms. The quantitative estimate of drug-likeness (QED) is 0.908. The summed E-state index contributed by atoms with van der Waals surface area (Å²) in [5.74, 6) is -2.21. The Labute approximate surface area is 120 Å². The first kappa shape index (κ1) is 15.0. The molecule has 2 rings (SSSR count). The Balaban J connectivity index is 2.21. The fraction of sp³-hybridized carbons (Fsp3) is 0.286. The van der Waals surface area contributed by atoms with E-state index < -0.39 is 11.6 Å². The average Bonchev–Trinajstić information content (AvgIpc) is 2.79. The van der Waals surface area contributed by atoms with Gasteiger partial charge in [-0.05, 0) is 31.5 Å². The number of anilines is 1. The van der Waals surface area contributed by atoms with Gasteiger partial charge >= 0.3 is 0 Å². The number of hydrogen-bond acceptors (Lipinski definition) is 3. The van der Waals surface area contributed by atoms with Crippen LogP contribution in [0.1, 0.15) is 28.7 Å². The van der Waals surface area contributed by atoms with Crippen LogP contribution in [0.3, 0.4) is 0 Å². The van der Waals surface area contributed by atoms with Gasteiger partial charge in [-0.15, -0.1) is 0 Å².